The normalized spacial score (nSPS) is 25.8. The number of sulfonamides is 1. The van der Waals surface area contributed by atoms with Crippen LogP contribution in [0.5, 0.6) is 0 Å². The number of hydrogen-bond donors (Lipinski definition) is 0. The van der Waals surface area contributed by atoms with Gasteiger partial charge < -0.3 is 4.74 Å². The number of morpholine rings is 1. The van der Waals surface area contributed by atoms with Gasteiger partial charge in [-0.3, -0.25) is 0 Å². The lowest BCUT2D eigenvalue weighted by atomic mass is 10.2. The van der Waals surface area contributed by atoms with Crippen LogP contribution in [0.25, 0.3) is 6.08 Å². The molecule has 1 heterocycles. The minimum atomic E-state index is -3.37. The molecular weight excluding hydrogens is 262 g/mol. The largest absolute Gasteiger partial charge is 0.373 e. The molecule has 104 valence electrons. The molecule has 0 unspecified atom stereocenters. The van der Waals surface area contributed by atoms with Crippen LogP contribution in [0.3, 0.4) is 0 Å². The third-order valence-electron chi connectivity index (χ3n) is 2.98. The summed E-state index contributed by atoms with van der Waals surface area (Å²) in [7, 11) is -3.37. The molecule has 0 saturated carbocycles. The van der Waals surface area contributed by atoms with Gasteiger partial charge in [-0.25, -0.2) is 8.42 Å². The lowest BCUT2D eigenvalue weighted by Crippen LogP contribution is -2.47. The first-order valence-electron chi connectivity index (χ1n) is 6.36. The maximum Gasteiger partial charge on any atom is 0.236 e. The smallest absolute Gasteiger partial charge is 0.236 e. The second-order valence-corrected chi connectivity index (χ2v) is 6.65. The second-order valence-electron chi connectivity index (χ2n) is 4.83. The predicted octanol–water partition coefficient (Wildman–Crippen LogP) is 2.10. The van der Waals surface area contributed by atoms with Crippen LogP contribution < -0.4 is 0 Å². The van der Waals surface area contributed by atoms with Gasteiger partial charge in [0, 0.05) is 18.5 Å². The first-order chi connectivity index (χ1) is 8.97. The van der Waals surface area contributed by atoms with Crippen molar-refractivity contribution in [3.8, 4) is 0 Å². The quantitative estimate of drug-likeness (QED) is 0.852. The topological polar surface area (TPSA) is 46.6 Å². The molecule has 0 N–H and O–H groups in total. The van der Waals surface area contributed by atoms with Crippen LogP contribution in [0.15, 0.2) is 35.7 Å². The number of rotatable bonds is 3. The Kier molecular flexibility index (Phi) is 4.39. The standard InChI is InChI=1S/C14H19NO3S/c1-12-10-15(11-13(2)18-12)19(16,17)9-8-14-6-4-3-5-7-14/h3-9,12-13H,10-11H2,1-2H3/b9-8+/t12-,13+. The molecule has 19 heavy (non-hydrogen) atoms. The Balaban J connectivity index is 2.12. The first-order valence-corrected chi connectivity index (χ1v) is 7.86. The van der Waals surface area contributed by atoms with Gasteiger partial charge in [-0.2, -0.15) is 4.31 Å². The number of benzene rings is 1. The summed E-state index contributed by atoms with van der Waals surface area (Å²) in [5.41, 5.74) is 0.875. The van der Waals surface area contributed by atoms with Gasteiger partial charge in [0.2, 0.25) is 10.0 Å². The van der Waals surface area contributed by atoms with Crippen LogP contribution in [0.1, 0.15) is 19.4 Å². The van der Waals surface area contributed by atoms with Gasteiger partial charge in [-0.05, 0) is 25.5 Å². The molecule has 0 amide bonds. The van der Waals surface area contributed by atoms with E-state index in [9.17, 15) is 8.42 Å². The molecule has 5 heteroatoms. The minimum absolute atomic E-state index is 0.0661. The van der Waals surface area contributed by atoms with Gasteiger partial charge >= 0.3 is 0 Å². The summed E-state index contributed by atoms with van der Waals surface area (Å²) in [5, 5.41) is 1.27. The van der Waals surface area contributed by atoms with Crippen molar-refractivity contribution in [2.45, 2.75) is 26.1 Å². The summed E-state index contributed by atoms with van der Waals surface area (Å²) in [6.07, 6.45) is 1.49. The second kappa shape index (κ2) is 5.86. The lowest BCUT2D eigenvalue weighted by Gasteiger charge is -2.33. The molecule has 1 fully saturated rings. The maximum absolute atomic E-state index is 12.2. The fourth-order valence-corrected chi connectivity index (χ4v) is 3.49. The molecule has 0 radical (unpaired) electrons. The van der Waals surface area contributed by atoms with Gasteiger partial charge in [0.25, 0.3) is 0 Å². The molecule has 0 bridgehead atoms. The van der Waals surface area contributed by atoms with Crippen molar-refractivity contribution in [2.75, 3.05) is 13.1 Å². The summed E-state index contributed by atoms with van der Waals surface area (Å²) < 4.78 is 31.5. The Hall–Kier alpha value is -1.17. The third kappa shape index (κ3) is 3.89. The van der Waals surface area contributed by atoms with Crippen LogP contribution >= 0.6 is 0 Å². The van der Waals surface area contributed by atoms with E-state index in [0.717, 1.165) is 5.56 Å². The van der Waals surface area contributed by atoms with E-state index in [-0.39, 0.29) is 12.2 Å². The van der Waals surface area contributed by atoms with Crippen LogP contribution in [0, 0.1) is 0 Å². The molecule has 2 atom stereocenters. The van der Waals surface area contributed by atoms with Gasteiger partial charge in [0.05, 0.1) is 12.2 Å². The van der Waals surface area contributed by atoms with Crippen molar-refractivity contribution in [1.82, 2.24) is 4.31 Å². The van der Waals surface area contributed by atoms with E-state index < -0.39 is 10.0 Å². The Bertz CT molecular complexity index is 529. The highest BCUT2D eigenvalue weighted by molar-refractivity contribution is 7.92. The van der Waals surface area contributed by atoms with Gasteiger partial charge in [-0.1, -0.05) is 30.3 Å². The predicted molar refractivity (Wildman–Crippen MR) is 76.0 cm³/mol. The molecule has 1 aromatic rings. The highest BCUT2D eigenvalue weighted by atomic mass is 32.2. The molecule has 2 rings (SSSR count). The first kappa shape index (κ1) is 14.2. The fraction of sp³-hybridized carbons (Fsp3) is 0.429. The molecular formula is C14H19NO3S. The SMILES string of the molecule is C[C@@H]1CN(S(=O)(=O)/C=C/c2ccccc2)C[C@H](C)O1. The highest BCUT2D eigenvalue weighted by Crippen LogP contribution is 2.16. The summed E-state index contributed by atoms with van der Waals surface area (Å²) in [6, 6.07) is 9.40. The Morgan fingerprint density at radius 1 is 1.16 bits per heavy atom. The Morgan fingerprint density at radius 2 is 1.74 bits per heavy atom. The van der Waals surface area contributed by atoms with Crippen molar-refractivity contribution in [1.29, 1.82) is 0 Å². The summed E-state index contributed by atoms with van der Waals surface area (Å²) >= 11 is 0. The summed E-state index contributed by atoms with van der Waals surface area (Å²) in [6.45, 7) is 4.59. The zero-order chi connectivity index (χ0) is 13.9. The third-order valence-corrected chi connectivity index (χ3v) is 4.48. The van der Waals surface area contributed by atoms with Crippen LogP contribution in [-0.4, -0.2) is 38.0 Å². The zero-order valence-corrected chi connectivity index (χ0v) is 12.0. The lowest BCUT2D eigenvalue weighted by molar-refractivity contribution is -0.0437. The van der Waals surface area contributed by atoms with E-state index in [1.807, 2.05) is 44.2 Å². The van der Waals surface area contributed by atoms with Crippen molar-refractivity contribution >= 4 is 16.1 Å². The molecule has 0 aliphatic carbocycles. The van der Waals surface area contributed by atoms with Crippen LogP contribution in [0.2, 0.25) is 0 Å². The molecule has 1 aliphatic heterocycles. The number of hydrogen-bond acceptors (Lipinski definition) is 3. The van der Waals surface area contributed by atoms with E-state index in [1.54, 1.807) is 6.08 Å². The fourth-order valence-electron chi connectivity index (χ4n) is 2.15. The van der Waals surface area contributed by atoms with E-state index in [1.165, 1.54) is 9.71 Å². The van der Waals surface area contributed by atoms with Crippen molar-refractivity contribution in [3.63, 3.8) is 0 Å². The molecule has 0 aromatic heterocycles. The van der Waals surface area contributed by atoms with E-state index >= 15 is 0 Å². The van der Waals surface area contributed by atoms with Crippen molar-refractivity contribution < 1.29 is 13.2 Å². The Labute approximate surface area is 114 Å². The summed E-state index contributed by atoms with van der Waals surface area (Å²) in [5.74, 6) is 0. The van der Waals surface area contributed by atoms with E-state index in [4.69, 9.17) is 4.74 Å². The zero-order valence-electron chi connectivity index (χ0n) is 11.2. The molecule has 4 nitrogen and oxygen atoms in total. The minimum Gasteiger partial charge on any atom is -0.373 e. The summed E-state index contributed by atoms with van der Waals surface area (Å²) in [4.78, 5) is 0. The van der Waals surface area contributed by atoms with Crippen molar-refractivity contribution in [2.24, 2.45) is 0 Å². The van der Waals surface area contributed by atoms with E-state index in [2.05, 4.69) is 0 Å². The van der Waals surface area contributed by atoms with Crippen LogP contribution in [0.4, 0.5) is 0 Å². The van der Waals surface area contributed by atoms with Crippen molar-refractivity contribution in [3.05, 3.63) is 41.3 Å². The molecule has 1 aliphatic rings. The Morgan fingerprint density at radius 3 is 2.32 bits per heavy atom. The van der Waals surface area contributed by atoms with Crippen LogP contribution in [-0.2, 0) is 14.8 Å². The molecule has 0 spiro atoms. The molecule has 1 saturated heterocycles. The monoisotopic (exact) mass is 281 g/mol. The van der Waals surface area contributed by atoms with E-state index in [0.29, 0.717) is 13.1 Å². The average molecular weight is 281 g/mol. The number of nitrogens with zero attached hydrogens (tertiary/aromatic N) is 1. The maximum atomic E-state index is 12.2. The molecule has 1 aromatic carbocycles. The average Bonchev–Trinajstić information content (AvgIpc) is 2.37. The number of ether oxygens (including phenoxy) is 1. The van der Waals surface area contributed by atoms with Gasteiger partial charge in [-0.15, -0.1) is 0 Å². The van der Waals surface area contributed by atoms with Gasteiger partial charge in [0.15, 0.2) is 0 Å². The van der Waals surface area contributed by atoms with Gasteiger partial charge in [0.1, 0.15) is 0 Å². The highest BCUT2D eigenvalue weighted by Gasteiger charge is 2.29.